The fourth-order valence-electron chi connectivity index (χ4n) is 3.46. The van der Waals surface area contributed by atoms with Gasteiger partial charge in [0.1, 0.15) is 13.2 Å². The largest absolute Gasteiger partial charge is 0.493 e. The first kappa shape index (κ1) is 28.1. The third kappa shape index (κ3) is 6.96. The number of halogens is 2. The predicted molar refractivity (Wildman–Crippen MR) is 151 cm³/mol. The maximum absolute atomic E-state index is 12.9. The molecule has 4 rings (SSSR count). The molecule has 1 heterocycles. The van der Waals surface area contributed by atoms with Gasteiger partial charge in [-0.2, -0.15) is 0 Å². The molecule has 200 valence electrons. The fourth-order valence-corrected chi connectivity index (χ4v) is 4.86. The van der Waals surface area contributed by atoms with E-state index in [1.165, 1.54) is 25.3 Å². The summed E-state index contributed by atoms with van der Waals surface area (Å²) >= 11 is 10.0. The summed E-state index contributed by atoms with van der Waals surface area (Å²) in [5.41, 5.74) is 1.73. The highest BCUT2D eigenvalue weighted by molar-refractivity contribution is 9.10. The SMILES string of the molecule is COc1cc(/C=C2/SC(=O)N(CC(=O)Nc3ccc(Cl)cc3)C2=O)c(Br)cc1OCc1ccc([N+](=O)[O-])cc1. The van der Waals surface area contributed by atoms with Gasteiger partial charge in [0.25, 0.3) is 16.8 Å². The number of anilines is 1. The molecule has 0 bridgehead atoms. The number of nitro groups is 1. The summed E-state index contributed by atoms with van der Waals surface area (Å²) in [6.07, 6.45) is 1.52. The highest BCUT2D eigenvalue weighted by Crippen LogP contribution is 2.38. The molecule has 39 heavy (non-hydrogen) atoms. The first-order chi connectivity index (χ1) is 18.6. The van der Waals surface area contributed by atoms with E-state index in [2.05, 4.69) is 21.2 Å². The van der Waals surface area contributed by atoms with Crippen LogP contribution in [0.1, 0.15) is 11.1 Å². The minimum Gasteiger partial charge on any atom is -0.493 e. The number of carbonyl (C=O) groups excluding carboxylic acids is 3. The number of amides is 3. The van der Waals surface area contributed by atoms with Crippen molar-refractivity contribution in [3.8, 4) is 11.5 Å². The number of carbonyl (C=O) groups is 3. The number of nitro benzene ring substituents is 1. The second-order valence-corrected chi connectivity index (χ2v) is 10.3. The molecule has 0 aliphatic carbocycles. The Hall–Kier alpha value is -3.87. The lowest BCUT2D eigenvalue weighted by atomic mass is 10.1. The van der Waals surface area contributed by atoms with Gasteiger partial charge in [0.15, 0.2) is 11.5 Å². The van der Waals surface area contributed by atoms with Crippen molar-refractivity contribution in [1.29, 1.82) is 0 Å². The zero-order valence-electron chi connectivity index (χ0n) is 20.2. The fraction of sp³-hybridized carbons (Fsp3) is 0.115. The van der Waals surface area contributed by atoms with E-state index in [-0.39, 0.29) is 17.2 Å². The van der Waals surface area contributed by atoms with E-state index in [0.717, 1.165) is 22.2 Å². The molecule has 1 aliphatic rings. The van der Waals surface area contributed by atoms with E-state index >= 15 is 0 Å². The van der Waals surface area contributed by atoms with E-state index in [1.807, 2.05) is 0 Å². The molecule has 1 N–H and O–H groups in total. The van der Waals surface area contributed by atoms with E-state index < -0.39 is 28.5 Å². The van der Waals surface area contributed by atoms with Crippen LogP contribution in [0.15, 0.2) is 70.0 Å². The van der Waals surface area contributed by atoms with Crippen LogP contribution in [-0.2, 0) is 16.2 Å². The van der Waals surface area contributed by atoms with Crippen LogP contribution in [0.2, 0.25) is 5.02 Å². The average molecular weight is 633 g/mol. The van der Waals surface area contributed by atoms with Gasteiger partial charge in [0.2, 0.25) is 5.91 Å². The van der Waals surface area contributed by atoms with Crippen molar-refractivity contribution in [3.05, 3.63) is 96.3 Å². The highest BCUT2D eigenvalue weighted by atomic mass is 79.9. The molecule has 3 aromatic carbocycles. The zero-order chi connectivity index (χ0) is 28.1. The third-order valence-corrected chi connectivity index (χ3v) is 7.26. The maximum atomic E-state index is 12.9. The van der Waals surface area contributed by atoms with Crippen molar-refractivity contribution in [2.75, 3.05) is 19.0 Å². The molecule has 0 atom stereocenters. The molecule has 0 unspecified atom stereocenters. The number of nitrogens with zero attached hydrogens (tertiary/aromatic N) is 2. The Morgan fingerprint density at radius 1 is 1.13 bits per heavy atom. The summed E-state index contributed by atoms with van der Waals surface area (Å²) in [4.78, 5) is 49.2. The molecule has 0 saturated carbocycles. The number of hydrogen-bond acceptors (Lipinski definition) is 8. The topological polar surface area (TPSA) is 128 Å². The van der Waals surface area contributed by atoms with Crippen LogP contribution >= 0.6 is 39.3 Å². The second-order valence-electron chi connectivity index (χ2n) is 8.06. The Labute approximate surface area is 240 Å². The molecule has 10 nitrogen and oxygen atoms in total. The number of benzene rings is 3. The van der Waals surface area contributed by atoms with Gasteiger partial charge in [-0.1, -0.05) is 27.5 Å². The molecule has 3 aromatic rings. The van der Waals surface area contributed by atoms with Crippen LogP contribution in [0.4, 0.5) is 16.2 Å². The van der Waals surface area contributed by atoms with E-state index in [0.29, 0.717) is 32.2 Å². The van der Waals surface area contributed by atoms with Gasteiger partial charge < -0.3 is 14.8 Å². The van der Waals surface area contributed by atoms with Crippen molar-refractivity contribution in [1.82, 2.24) is 4.90 Å². The number of hydrogen-bond donors (Lipinski definition) is 1. The van der Waals surface area contributed by atoms with Gasteiger partial charge in [-0.3, -0.25) is 29.4 Å². The maximum Gasteiger partial charge on any atom is 0.294 e. The molecule has 0 spiro atoms. The van der Waals surface area contributed by atoms with Crippen LogP contribution in [0, 0.1) is 10.1 Å². The summed E-state index contributed by atoms with van der Waals surface area (Å²) in [7, 11) is 1.46. The number of imide groups is 1. The van der Waals surface area contributed by atoms with Gasteiger partial charge in [0, 0.05) is 27.3 Å². The van der Waals surface area contributed by atoms with Crippen molar-refractivity contribution in [2.45, 2.75) is 6.61 Å². The second kappa shape index (κ2) is 12.3. The summed E-state index contributed by atoms with van der Waals surface area (Å²) < 4.78 is 11.8. The Morgan fingerprint density at radius 3 is 2.46 bits per heavy atom. The predicted octanol–water partition coefficient (Wildman–Crippen LogP) is 6.27. The quantitative estimate of drug-likeness (QED) is 0.166. The first-order valence-corrected chi connectivity index (χ1v) is 13.2. The van der Waals surface area contributed by atoms with Crippen LogP contribution in [0.5, 0.6) is 11.5 Å². The molecule has 1 aliphatic heterocycles. The van der Waals surface area contributed by atoms with Crippen molar-refractivity contribution >= 4 is 73.8 Å². The van der Waals surface area contributed by atoms with Crippen molar-refractivity contribution in [2.24, 2.45) is 0 Å². The lowest BCUT2D eigenvalue weighted by Crippen LogP contribution is -2.36. The van der Waals surface area contributed by atoms with Crippen LogP contribution in [-0.4, -0.2) is 40.5 Å². The number of thioether (sulfide) groups is 1. The van der Waals surface area contributed by atoms with Crippen molar-refractivity contribution < 1.29 is 28.8 Å². The van der Waals surface area contributed by atoms with Crippen LogP contribution in [0.25, 0.3) is 6.08 Å². The Kier molecular flexibility index (Phi) is 8.90. The highest BCUT2D eigenvalue weighted by Gasteiger charge is 2.36. The molecule has 1 saturated heterocycles. The van der Waals surface area contributed by atoms with Gasteiger partial charge in [-0.25, -0.2) is 0 Å². The van der Waals surface area contributed by atoms with Crippen molar-refractivity contribution in [3.63, 3.8) is 0 Å². The van der Waals surface area contributed by atoms with Gasteiger partial charge in [-0.15, -0.1) is 0 Å². The van der Waals surface area contributed by atoms with Gasteiger partial charge >= 0.3 is 0 Å². The monoisotopic (exact) mass is 631 g/mol. The molecule has 0 radical (unpaired) electrons. The average Bonchev–Trinajstić information content (AvgIpc) is 3.17. The number of ether oxygens (including phenoxy) is 2. The Bertz CT molecular complexity index is 1480. The van der Waals surface area contributed by atoms with E-state index in [9.17, 15) is 24.5 Å². The molecule has 3 amide bonds. The van der Waals surface area contributed by atoms with E-state index in [4.69, 9.17) is 21.1 Å². The lowest BCUT2D eigenvalue weighted by Gasteiger charge is -2.13. The standard InChI is InChI=1S/C26H19BrClN3O7S/c1-37-21-10-16(20(27)12-22(21)38-14-15-2-8-19(9-3-15)31(35)36)11-23-25(33)30(26(34)39-23)13-24(32)29-18-6-4-17(28)5-7-18/h2-12H,13-14H2,1H3,(H,29,32)/b23-11+. The molecule has 0 aromatic heterocycles. The van der Waals surface area contributed by atoms with E-state index in [1.54, 1.807) is 48.5 Å². The lowest BCUT2D eigenvalue weighted by molar-refractivity contribution is -0.384. The smallest absolute Gasteiger partial charge is 0.294 e. The van der Waals surface area contributed by atoms with Gasteiger partial charge in [0.05, 0.1) is 16.9 Å². The minimum absolute atomic E-state index is 0.0185. The number of non-ortho nitro benzene ring substituents is 1. The first-order valence-electron chi connectivity index (χ1n) is 11.2. The molecular weight excluding hydrogens is 614 g/mol. The summed E-state index contributed by atoms with van der Waals surface area (Å²) in [5.74, 6) is -0.362. The van der Waals surface area contributed by atoms with Crippen LogP contribution < -0.4 is 14.8 Å². The van der Waals surface area contributed by atoms with Crippen LogP contribution in [0.3, 0.4) is 0 Å². The summed E-state index contributed by atoms with van der Waals surface area (Å²) in [5, 5.41) is 13.4. The zero-order valence-corrected chi connectivity index (χ0v) is 23.3. The number of rotatable bonds is 9. The summed E-state index contributed by atoms with van der Waals surface area (Å²) in [6.45, 7) is -0.304. The van der Waals surface area contributed by atoms with Gasteiger partial charge in [-0.05, 0) is 77.5 Å². The molecule has 13 heteroatoms. The normalized spacial score (nSPS) is 14.0. The summed E-state index contributed by atoms with van der Waals surface area (Å²) in [6, 6.07) is 15.7. The number of methoxy groups -OCH3 is 1. The number of nitrogens with one attached hydrogen (secondary N) is 1. The Morgan fingerprint density at radius 2 is 1.82 bits per heavy atom. The molecular formula is C26H19BrClN3O7S. The molecule has 1 fully saturated rings. The minimum atomic E-state index is -0.597. The Balaban J connectivity index is 1.45. The third-order valence-electron chi connectivity index (χ3n) is 5.41.